The van der Waals surface area contributed by atoms with Crippen LogP contribution in [0.25, 0.3) is 17.0 Å². The molecular formula is C11H9N3OUVY-4. The number of imidazole rings is 1. The number of carbonyl (C=O) groups excluding carboxylic acids is 1. The molecule has 2 rings (SSSR count). The molecule has 0 saturated carbocycles. The average Bonchev–Trinajstić information content (AvgIpc) is 2.68. The van der Waals surface area contributed by atoms with Crippen LogP contribution in [-0.2, 0) is 51.3 Å². The Balaban J connectivity index is -0.000000562. The van der Waals surface area contributed by atoms with Crippen molar-refractivity contribution in [1.29, 1.82) is 0 Å². The Bertz CT molecular complexity index is 464. The molecule has 1 heterocycles. The maximum atomic E-state index is 10.6. The van der Waals surface area contributed by atoms with Crippen LogP contribution in [0.5, 0.6) is 0 Å². The molecule has 2 aromatic rings. The van der Waals surface area contributed by atoms with Gasteiger partial charge in [0.15, 0.2) is 0 Å². The zero-order valence-electron chi connectivity index (χ0n) is 9.71. The number of benzene rings is 1. The fourth-order valence-electron chi connectivity index (χ4n) is 1.10. The van der Waals surface area contributed by atoms with Crippen molar-refractivity contribution in [2.24, 2.45) is 0 Å². The Kier molecular flexibility index (Phi) is 15.1. The largest absolute Gasteiger partial charge is 0.664 e. The second kappa shape index (κ2) is 11.5. The van der Waals surface area contributed by atoms with Gasteiger partial charge in [-0.05, 0) is 5.82 Å². The minimum atomic E-state index is -0.865. The van der Waals surface area contributed by atoms with Crippen molar-refractivity contribution in [2.75, 3.05) is 0 Å². The Morgan fingerprint density at radius 3 is 2.56 bits per heavy atom. The Hall–Kier alpha value is 0.640. The van der Waals surface area contributed by atoms with Crippen molar-refractivity contribution >= 4 is 5.91 Å². The summed E-state index contributed by atoms with van der Waals surface area (Å²) < 4.78 is 0. The maximum Gasteiger partial charge on any atom is 0.0712 e. The van der Waals surface area contributed by atoms with Crippen molar-refractivity contribution in [3.05, 3.63) is 55.5 Å². The number of aromatic nitrogens is 2. The quantitative estimate of drug-likeness (QED) is 0.515. The van der Waals surface area contributed by atoms with Gasteiger partial charge in [-0.15, -0.1) is 5.56 Å². The van der Waals surface area contributed by atoms with Gasteiger partial charge in [-0.1, -0.05) is 11.9 Å². The van der Waals surface area contributed by atoms with E-state index >= 15 is 0 Å². The smallest absolute Gasteiger partial charge is 0.0712 e. The van der Waals surface area contributed by atoms with Crippen molar-refractivity contribution < 1.29 is 87.2 Å². The molecule has 0 unspecified atom stereocenters. The molecule has 4 nitrogen and oxygen atoms in total. The number of hydrogen-bond acceptors (Lipinski definition) is 2. The molecule has 0 aliphatic heterocycles. The number of nitrogens with zero attached hydrogens (tertiary/aromatic N) is 2. The van der Waals surface area contributed by atoms with Crippen LogP contribution in [-0.4, -0.2) is 10.9 Å². The molecule has 1 N–H and O–H groups in total. The van der Waals surface area contributed by atoms with Crippen LogP contribution in [0.3, 0.4) is 0 Å². The third-order valence-corrected chi connectivity index (χ3v) is 1.74. The number of carbonyl (C=O) groups is 1. The van der Waals surface area contributed by atoms with Crippen LogP contribution >= 0.6 is 0 Å². The molecule has 0 aliphatic carbocycles. The first kappa shape index (κ1) is 23.7. The van der Waals surface area contributed by atoms with Crippen molar-refractivity contribution in [3.63, 3.8) is 0 Å². The average molecular weight is 577 g/mol. The van der Waals surface area contributed by atoms with E-state index < -0.39 is 5.91 Å². The van der Waals surface area contributed by atoms with Crippen molar-refractivity contribution in [2.45, 2.75) is 0 Å². The fourth-order valence-corrected chi connectivity index (χ4v) is 1.10. The van der Waals surface area contributed by atoms with Gasteiger partial charge in [0.25, 0.3) is 0 Å². The van der Waals surface area contributed by atoms with Gasteiger partial charge in [0.1, 0.15) is 0 Å². The first-order valence-electron chi connectivity index (χ1n) is 3.99. The van der Waals surface area contributed by atoms with E-state index in [1.54, 1.807) is 12.1 Å². The summed E-state index contributed by atoms with van der Waals surface area (Å²) in [5.41, 5.74) is 8.26. The topological polar surface area (TPSA) is 67.9 Å². The van der Waals surface area contributed by atoms with Gasteiger partial charge in [-0.3, -0.25) is 0 Å². The van der Waals surface area contributed by atoms with E-state index in [0.717, 1.165) is 5.56 Å². The van der Waals surface area contributed by atoms with E-state index in [1.807, 2.05) is 12.1 Å². The van der Waals surface area contributed by atoms with Crippen LogP contribution < -0.4 is 4.98 Å². The molecule has 18 heavy (non-hydrogen) atoms. The number of amides is 1. The molecule has 0 bridgehead atoms. The Morgan fingerprint density at radius 2 is 2.11 bits per heavy atom. The number of rotatable bonds is 2. The van der Waals surface area contributed by atoms with Crippen LogP contribution in [0.2, 0.25) is 0 Å². The molecule has 0 aliphatic rings. The predicted molar refractivity (Wildman–Crippen MR) is 56.9 cm³/mol. The standard InChI is InChI=1S/C10H7N3O.CH3.U.V.Y/c11-9(14)10-12-6-8(13-10)7-4-2-1-3-5-7;;;;/h1-2,4-6H,(H2-,11,12,13,14);1H3;;;/q-2;-1;;;/p-1. The molecule has 0 spiro atoms. The second-order valence-corrected chi connectivity index (χ2v) is 2.70. The summed E-state index contributed by atoms with van der Waals surface area (Å²) in [5, 5.41) is 0. The summed E-state index contributed by atoms with van der Waals surface area (Å²) in [6.07, 6.45) is 1.48. The first-order valence-corrected chi connectivity index (χ1v) is 3.99. The number of nitrogens with one attached hydrogen (secondary N) is 1. The summed E-state index contributed by atoms with van der Waals surface area (Å²) in [7, 11) is 0. The normalized spacial score (nSPS) is 7.78. The van der Waals surface area contributed by atoms with E-state index in [9.17, 15) is 4.79 Å². The summed E-state index contributed by atoms with van der Waals surface area (Å²) >= 11 is 0. The molecule has 1 aromatic heterocycles. The SMILES string of the molecule is [CH3-].[NH-]C(=O)c1ncc(-c2c[c-]ccc2)[n-]1.[U].[V].[Y]. The Morgan fingerprint density at radius 1 is 1.44 bits per heavy atom. The van der Waals surface area contributed by atoms with Gasteiger partial charge in [-0.25, -0.2) is 0 Å². The second-order valence-electron chi connectivity index (χ2n) is 2.70. The monoisotopic (exact) mass is 577 g/mol. The number of hydrogen-bond donors (Lipinski definition) is 0. The van der Waals surface area contributed by atoms with Gasteiger partial charge >= 0.3 is 0 Å². The zero-order valence-corrected chi connectivity index (χ0v) is 18.1. The molecular weight excluding hydrogens is 568 g/mol. The van der Waals surface area contributed by atoms with Crippen molar-refractivity contribution in [1.82, 2.24) is 9.97 Å². The zero-order chi connectivity index (χ0) is 9.97. The van der Waals surface area contributed by atoms with Crippen molar-refractivity contribution in [3.8, 4) is 11.3 Å². The predicted octanol–water partition coefficient (Wildman–Crippen LogP) is 2.14. The molecule has 0 fully saturated rings. The van der Waals surface area contributed by atoms with Gasteiger partial charge in [0.2, 0.25) is 0 Å². The summed E-state index contributed by atoms with van der Waals surface area (Å²) in [4.78, 5) is 18.3. The maximum absolute atomic E-state index is 10.6. The molecule has 1 aromatic carbocycles. The van der Waals surface area contributed by atoms with Crippen LogP contribution in [0.1, 0.15) is 10.6 Å². The van der Waals surface area contributed by atoms with Gasteiger partial charge in [0, 0.05) is 82.4 Å². The Labute approximate surface area is 167 Å². The van der Waals surface area contributed by atoms with Gasteiger partial charge in [-0.2, -0.15) is 30.3 Å². The third kappa shape index (κ3) is 6.19. The first-order chi connectivity index (χ1) is 6.77. The molecule has 0 saturated heterocycles. The third-order valence-electron chi connectivity index (χ3n) is 1.74. The minimum Gasteiger partial charge on any atom is -0.664 e. The molecule has 2 radical (unpaired) electrons. The molecule has 90 valence electrons. The summed E-state index contributed by atoms with van der Waals surface area (Å²) in [6.45, 7) is 0. The van der Waals surface area contributed by atoms with Gasteiger partial charge in [0.05, 0.1) is 5.91 Å². The van der Waals surface area contributed by atoms with E-state index in [0.29, 0.717) is 5.69 Å². The van der Waals surface area contributed by atoms with Gasteiger partial charge < -0.3 is 27.9 Å². The molecule has 1 amide bonds. The summed E-state index contributed by atoms with van der Waals surface area (Å²) in [6, 6.07) is 10.1. The van der Waals surface area contributed by atoms with Crippen LogP contribution in [0.15, 0.2) is 30.5 Å². The molecule has 7 heteroatoms. The fraction of sp³-hybridized carbons (Fsp3) is 0. The molecule has 0 atom stereocenters. The van der Waals surface area contributed by atoms with E-state index in [2.05, 4.69) is 16.0 Å². The summed E-state index contributed by atoms with van der Waals surface area (Å²) in [5.74, 6) is -0.931. The minimum absolute atomic E-state index is 0. The van der Waals surface area contributed by atoms with Crippen LogP contribution in [0, 0.1) is 44.6 Å². The van der Waals surface area contributed by atoms with E-state index in [-0.39, 0.29) is 95.6 Å². The van der Waals surface area contributed by atoms with Crippen LogP contribution in [0.4, 0.5) is 0 Å². The van der Waals surface area contributed by atoms with E-state index in [4.69, 9.17) is 5.73 Å². The van der Waals surface area contributed by atoms with E-state index in [1.165, 1.54) is 6.20 Å².